The molecule has 6 heteroatoms. The predicted octanol–water partition coefficient (Wildman–Crippen LogP) is 2.37. The Balaban J connectivity index is 1.99. The zero-order chi connectivity index (χ0) is 16.3. The van der Waals surface area contributed by atoms with Gasteiger partial charge in [0.25, 0.3) is 0 Å². The topological polar surface area (TPSA) is 76.9 Å². The minimum absolute atomic E-state index is 0.00303. The molecule has 1 aromatic heterocycles. The number of benzene rings is 1. The second kappa shape index (κ2) is 6.51. The molecule has 1 amide bonds. The minimum atomic E-state index is -0.243. The molecule has 0 spiro atoms. The Kier molecular flexibility index (Phi) is 4.70. The molecule has 6 nitrogen and oxygen atoms in total. The number of carbonyl (C=O) groups excluding carboxylic acids is 2. The van der Waals surface area contributed by atoms with Crippen molar-refractivity contribution in [3.8, 4) is 0 Å². The summed E-state index contributed by atoms with van der Waals surface area (Å²) in [4.78, 5) is 27.7. The molecule has 0 unspecified atom stereocenters. The number of nitrogens with one attached hydrogen (secondary N) is 1. The maximum Gasteiger partial charge on any atom is 0.229 e. The first-order valence-electron chi connectivity index (χ1n) is 7.16. The maximum atomic E-state index is 12.2. The minimum Gasteiger partial charge on any atom is -0.326 e. The summed E-state index contributed by atoms with van der Waals surface area (Å²) in [6, 6.07) is 6.86. The molecular formula is C16H20N4O2. The smallest absolute Gasteiger partial charge is 0.229 e. The van der Waals surface area contributed by atoms with E-state index in [2.05, 4.69) is 15.4 Å². The zero-order valence-electron chi connectivity index (χ0n) is 13.3. The number of ketones is 1. The van der Waals surface area contributed by atoms with Crippen molar-refractivity contribution in [3.05, 3.63) is 41.5 Å². The highest BCUT2D eigenvalue weighted by atomic mass is 16.2. The number of amides is 1. The van der Waals surface area contributed by atoms with Crippen molar-refractivity contribution in [2.45, 2.75) is 34.2 Å². The number of hydrogen-bond donors (Lipinski definition) is 1. The maximum absolute atomic E-state index is 12.2. The lowest BCUT2D eigenvalue weighted by Gasteiger charge is -2.13. The summed E-state index contributed by atoms with van der Waals surface area (Å²) in [7, 11) is 0. The van der Waals surface area contributed by atoms with Crippen LogP contribution in [0.2, 0.25) is 0 Å². The molecule has 2 aromatic rings. The van der Waals surface area contributed by atoms with E-state index in [0.717, 1.165) is 5.82 Å². The van der Waals surface area contributed by atoms with Gasteiger partial charge in [0.1, 0.15) is 11.6 Å². The fraction of sp³-hybridized carbons (Fsp3) is 0.375. The third-order valence-corrected chi connectivity index (χ3v) is 3.42. The molecule has 0 fully saturated rings. The van der Waals surface area contributed by atoms with E-state index in [9.17, 15) is 9.59 Å². The van der Waals surface area contributed by atoms with E-state index < -0.39 is 0 Å². The van der Waals surface area contributed by atoms with Gasteiger partial charge in [0.15, 0.2) is 5.78 Å². The number of aromatic nitrogens is 3. The molecule has 0 aliphatic rings. The summed E-state index contributed by atoms with van der Waals surface area (Å²) in [5.41, 5.74) is 1.30. The van der Waals surface area contributed by atoms with Crippen LogP contribution in [0.15, 0.2) is 24.3 Å². The van der Waals surface area contributed by atoms with Gasteiger partial charge < -0.3 is 5.32 Å². The SMILES string of the molecule is CC(=O)c1ccc(NC(=O)[C@H](C)Cn2nc(C)nc2C)cc1. The Bertz CT molecular complexity index is 689. The molecule has 0 radical (unpaired) electrons. The number of aryl methyl sites for hydroxylation is 2. The fourth-order valence-corrected chi connectivity index (χ4v) is 2.13. The van der Waals surface area contributed by atoms with Crippen LogP contribution in [0.5, 0.6) is 0 Å². The van der Waals surface area contributed by atoms with E-state index >= 15 is 0 Å². The largest absolute Gasteiger partial charge is 0.326 e. The van der Waals surface area contributed by atoms with E-state index in [1.165, 1.54) is 6.92 Å². The molecule has 0 aliphatic heterocycles. The Labute approximate surface area is 129 Å². The first kappa shape index (κ1) is 15.9. The number of Topliss-reactive ketones (excluding diaryl/α,β-unsaturated/α-hetero) is 1. The summed E-state index contributed by atoms with van der Waals surface area (Å²) in [5.74, 6) is 1.16. The number of hydrogen-bond acceptors (Lipinski definition) is 4. The van der Waals surface area contributed by atoms with Crippen LogP contribution in [0.3, 0.4) is 0 Å². The van der Waals surface area contributed by atoms with Crippen LogP contribution in [-0.4, -0.2) is 26.5 Å². The van der Waals surface area contributed by atoms with Gasteiger partial charge in [-0.3, -0.25) is 9.59 Å². The third kappa shape index (κ3) is 3.78. The predicted molar refractivity (Wildman–Crippen MR) is 83.7 cm³/mol. The quantitative estimate of drug-likeness (QED) is 0.860. The van der Waals surface area contributed by atoms with Gasteiger partial charge in [-0.1, -0.05) is 6.92 Å². The van der Waals surface area contributed by atoms with Crippen molar-refractivity contribution < 1.29 is 9.59 Å². The molecule has 22 heavy (non-hydrogen) atoms. The van der Waals surface area contributed by atoms with Gasteiger partial charge in [-0.25, -0.2) is 9.67 Å². The molecule has 0 saturated carbocycles. The van der Waals surface area contributed by atoms with Crippen LogP contribution in [0, 0.1) is 19.8 Å². The average molecular weight is 300 g/mol. The van der Waals surface area contributed by atoms with Gasteiger partial charge in [0, 0.05) is 11.3 Å². The van der Waals surface area contributed by atoms with Gasteiger partial charge in [-0.15, -0.1) is 0 Å². The second-order valence-corrected chi connectivity index (χ2v) is 5.41. The van der Waals surface area contributed by atoms with Crippen molar-refractivity contribution in [2.24, 2.45) is 5.92 Å². The average Bonchev–Trinajstić information content (AvgIpc) is 2.77. The van der Waals surface area contributed by atoms with Gasteiger partial charge in [0.2, 0.25) is 5.91 Å². The standard InChI is InChI=1S/C16H20N4O2/c1-10(9-20-13(4)17-12(3)19-20)16(22)18-15-7-5-14(6-8-15)11(2)21/h5-8,10H,9H2,1-4H3,(H,18,22)/t10-/m1/s1. The van der Waals surface area contributed by atoms with Crippen LogP contribution in [0.4, 0.5) is 5.69 Å². The third-order valence-electron chi connectivity index (χ3n) is 3.42. The van der Waals surface area contributed by atoms with E-state index in [-0.39, 0.29) is 17.6 Å². The fourth-order valence-electron chi connectivity index (χ4n) is 2.13. The van der Waals surface area contributed by atoms with Crippen LogP contribution in [-0.2, 0) is 11.3 Å². The molecule has 1 N–H and O–H groups in total. The van der Waals surface area contributed by atoms with Crippen molar-refractivity contribution >= 4 is 17.4 Å². The molecule has 0 bridgehead atoms. The van der Waals surface area contributed by atoms with E-state index in [0.29, 0.717) is 23.6 Å². The Morgan fingerprint density at radius 2 is 1.86 bits per heavy atom. The van der Waals surface area contributed by atoms with Gasteiger partial charge in [-0.2, -0.15) is 5.10 Å². The Morgan fingerprint density at radius 1 is 1.23 bits per heavy atom. The zero-order valence-corrected chi connectivity index (χ0v) is 13.3. The lowest BCUT2D eigenvalue weighted by atomic mass is 10.1. The molecule has 116 valence electrons. The number of carbonyl (C=O) groups is 2. The van der Waals surface area contributed by atoms with E-state index in [4.69, 9.17) is 0 Å². The molecule has 2 rings (SSSR count). The Hall–Kier alpha value is -2.50. The lowest BCUT2D eigenvalue weighted by Crippen LogP contribution is -2.25. The normalized spacial score (nSPS) is 12.0. The van der Waals surface area contributed by atoms with Crippen molar-refractivity contribution in [2.75, 3.05) is 5.32 Å². The molecule has 0 aliphatic carbocycles. The van der Waals surface area contributed by atoms with Gasteiger partial charge in [0.05, 0.1) is 12.5 Å². The highest BCUT2D eigenvalue weighted by Gasteiger charge is 2.16. The Morgan fingerprint density at radius 3 is 2.36 bits per heavy atom. The summed E-state index contributed by atoms with van der Waals surface area (Å²) in [5, 5.41) is 7.10. The molecule has 1 aromatic carbocycles. The number of anilines is 1. The summed E-state index contributed by atoms with van der Waals surface area (Å²) < 4.78 is 1.73. The van der Waals surface area contributed by atoms with E-state index in [1.807, 2.05) is 20.8 Å². The molecular weight excluding hydrogens is 280 g/mol. The summed E-state index contributed by atoms with van der Waals surface area (Å²) >= 11 is 0. The summed E-state index contributed by atoms with van der Waals surface area (Å²) in [6.45, 7) is 7.52. The van der Waals surface area contributed by atoms with Crippen molar-refractivity contribution in [1.29, 1.82) is 0 Å². The van der Waals surface area contributed by atoms with Crippen LogP contribution >= 0.6 is 0 Å². The van der Waals surface area contributed by atoms with Crippen LogP contribution in [0.1, 0.15) is 35.9 Å². The van der Waals surface area contributed by atoms with Crippen LogP contribution < -0.4 is 5.32 Å². The summed E-state index contributed by atoms with van der Waals surface area (Å²) in [6.07, 6.45) is 0. The van der Waals surface area contributed by atoms with E-state index in [1.54, 1.807) is 28.9 Å². The molecule has 0 saturated heterocycles. The lowest BCUT2D eigenvalue weighted by molar-refractivity contribution is -0.119. The highest BCUT2D eigenvalue weighted by Crippen LogP contribution is 2.12. The first-order chi connectivity index (χ1) is 10.4. The molecule has 1 heterocycles. The van der Waals surface area contributed by atoms with Gasteiger partial charge >= 0.3 is 0 Å². The monoisotopic (exact) mass is 300 g/mol. The number of nitrogens with zero attached hydrogens (tertiary/aromatic N) is 3. The molecule has 1 atom stereocenters. The van der Waals surface area contributed by atoms with Crippen LogP contribution in [0.25, 0.3) is 0 Å². The highest BCUT2D eigenvalue weighted by molar-refractivity contribution is 5.96. The number of rotatable bonds is 5. The first-order valence-corrected chi connectivity index (χ1v) is 7.16. The second-order valence-electron chi connectivity index (χ2n) is 5.41. The van der Waals surface area contributed by atoms with Crippen molar-refractivity contribution in [1.82, 2.24) is 14.8 Å². The van der Waals surface area contributed by atoms with Gasteiger partial charge in [-0.05, 0) is 45.0 Å². The van der Waals surface area contributed by atoms with Crippen molar-refractivity contribution in [3.63, 3.8) is 0 Å².